The average molecular weight is 377 g/mol. The first-order valence-electron chi connectivity index (χ1n) is 8.01. The number of hydrogen-bond donors (Lipinski definition) is 0. The molecular weight excluding hydrogens is 360 g/mol. The molecule has 0 saturated heterocycles. The number of hydrogen-bond acceptors (Lipinski definition) is 5. The van der Waals surface area contributed by atoms with E-state index in [9.17, 15) is 0 Å². The van der Waals surface area contributed by atoms with E-state index in [2.05, 4.69) is 27.1 Å². The molecule has 1 aromatic carbocycles. The van der Waals surface area contributed by atoms with Crippen LogP contribution in [0.1, 0.15) is 37.2 Å². The van der Waals surface area contributed by atoms with Crippen LogP contribution in [-0.4, -0.2) is 19.7 Å². The van der Waals surface area contributed by atoms with Gasteiger partial charge in [-0.15, -0.1) is 21.5 Å². The third-order valence-corrected chi connectivity index (χ3v) is 6.26. The van der Waals surface area contributed by atoms with Crippen molar-refractivity contribution in [3.8, 4) is 10.6 Å². The average Bonchev–Trinajstić information content (AvgIpc) is 3.19. The van der Waals surface area contributed by atoms with E-state index in [1.807, 2.05) is 24.3 Å². The van der Waals surface area contributed by atoms with E-state index in [-0.39, 0.29) is 0 Å². The minimum absolute atomic E-state index is 0.623. The monoisotopic (exact) mass is 376 g/mol. The molecule has 2 heterocycles. The molecule has 4 rings (SSSR count). The summed E-state index contributed by atoms with van der Waals surface area (Å²) in [6.07, 6.45) is 2.49. The maximum Gasteiger partial charge on any atom is 0.191 e. The molecule has 2 aromatic heterocycles. The Balaban J connectivity index is 1.48. The Hall–Kier alpha value is -1.37. The van der Waals surface area contributed by atoms with Crippen molar-refractivity contribution in [2.75, 3.05) is 0 Å². The smallest absolute Gasteiger partial charge is 0.191 e. The Bertz CT molecular complexity index is 854. The van der Waals surface area contributed by atoms with Crippen molar-refractivity contribution < 1.29 is 0 Å². The highest BCUT2D eigenvalue weighted by Crippen LogP contribution is 2.40. The Labute approximate surface area is 154 Å². The molecule has 1 fully saturated rings. The molecule has 0 spiro atoms. The van der Waals surface area contributed by atoms with Crippen molar-refractivity contribution in [3.63, 3.8) is 0 Å². The fourth-order valence-corrected chi connectivity index (χ4v) is 4.76. The van der Waals surface area contributed by atoms with E-state index in [0.717, 1.165) is 44.6 Å². The van der Waals surface area contributed by atoms with Crippen LogP contribution in [0.15, 0.2) is 34.8 Å². The SMILES string of the molecule is CCn1c(SCc2csc(-c3ccccc3Cl)n2)nnc1C1CC1. The third-order valence-electron chi connectivity index (χ3n) is 4.01. The number of benzene rings is 1. The summed E-state index contributed by atoms with van der Waals surface area (Å²) in [4.78, 5) is 4.72. The molecule has 4 nitrogen and oxygen atoms in total. The quantitative estimate of drug-likeness (QED) is 0.551. The molecule has 124 valence electrons. The molecule has 1 saturated carbocycles. The molecule has 0 bridgehead atoms. The minimum atomic E-state index is 0.623. The van der Waals surface area contributed by atoms with Crippen LogP contribution in [0.2, 0.25) is 5.02 Å². The van der Waals surface area contributed by atoms with Gasteiger partial charge in [-0.25, -0.2) is 4.98 Å². The lowest BCUT2D eigenvalue weighted by atomic mass is 10.2. The Morgan fingerprint density at radius 2 is 2.12 bits per heavy atom. The standard InChI is InChI=1S/C17H17ClN4S2/c1-2-22-15(11-7-8-11)20-21-17(22)24-10-12-9-23-16(19-12)13-5-3-4-6-14(13)18/h3-6,9,11H,2,7-8,10H2,1H3. The molecule has 1 aliphatic carbocycles. The molecule has 24 heavy (non-hydrogen) atoms. The molecular formula is C17H17ClN4S2. The molecule has 0 unspecified atom stereocenters. The number of halogens is 1. The van der Waals surface area contributed by atoms with Gasteiger partial charge >= 0.3 is 0 Å². The van der Waals surface area contributed by atoms with Crippen molar-refractivity contribution in [1.82, 2.24) is 19.7 Å². The van der Waals surface area contributed by atoms with E-state index in [4.69, 9.17) is 16.6 Å². The Kier molecular flexibility index (Phi) is 4.61. The summed E-state index contributed by atoms with van der Waals surface area (Å²) in [6, 6.07) is 7.83. The fraction of sp³-hybridized carbons (Fsp3) is 0.353. The lowest BCUT2D eigenvalue weighted by molar-refractivity contribution is 0.643. The number of thioether (sulfide) groups is 1. The van der Waals surface area contributed by atoms with Gasteiger partial charge in [0.25, 0.3) is 0 Å². The van der Waals surface area contributed by atoms with Gasteiger partial charge in [0.2, 0.25) is 0 Å². The second-order valence-electron chi connectivity index (χ2n) is 5.77. The number of aromatic nitrogens is 4. The lowest BCUT2D eigenvalue weighted by Crippen LogP contribution is -2.02. The Morgan fingerprint density at radius 3 is 2.88 bits per heavy atom. The lowest BCUT2D eigenvalue weighted by Gasteiger charge is -2.05. The van der Waals surface area contributed by atoms with Crippen LogP contribution in [0.3, 0.4) is 0 Å². The van der Waals surface area contributed by atoms with Gasteiger partial charge in [-0.1, -0.05) is 41.6 Å². The van der Waals surface area contributed by atoms with E-state index < -0.39 is 0 Å². The van der Waals surface area contributed by atoms with Crippen LogP contribution in [-0.2, 0) is 12.3 Å². The van der Waals surface area contributed by atoms with Gasteiger partial charge in [0, 0.05) is 29.2 Å². The normalized spacial score (nSPS) is 14.2. The zero-order valence-corrected chi connectivity index (χ0v) is 15.7. The molecule has 0 radical (unpaired) electrons. The topological polar surface area (TPSA) is 43.6 Å². The van der Waals surface area contributed by atoms with Gasteiger partial charge in [0.1, 0.15) is 10.8 Å². The highest BCUT2D eigenvalue weighted by Gasteiger charge is 2.29. The van der Waals surface area contributed by atoms with Gasteiger partial charge in [-0.3, -0.25) is 0 Å². The molecule has 0 N–H and O–H groups in total. The van der Waals surface area contributed by atoms with Gasteiger partial charge in [0.15, 0.2) is 5.16 Å². The van der Waals surface area contributed by atoms with Gasteiger partial charge in [0.05, 0.1) is 10.7 Å². The summed E-state index contributed by atoms with van der Waals surface area (Å²) >= 11 is 9.59. The van der Waals surface area contributed by atoms with E-state index >= 15 is 0 Å². The van der Waals surface area contributed by atoms with Crippen LogP contribution in [0.25, 0.3) is 10.6 Å². The van der Waals surface area contributed by atoms with Crippen LogP contribution in [0.5, 0.6) is 0 Å². The number of nitrogens with zero attached hydrogens (tertiary/aromatic N) is 4. The van der Waals surface area contributed by atoms with Crippen molar-refractivity contribution in [2.45, 2.75) is 43.1 Å². The molecule has 7 heteroatoms. The largest absolute Gasteiger partial charge is 0.306 e. The summed E-state index contributed by atoms with van der Waals surface area (Å²) in [6.45, 7) is 3.07. The van der Waals surface area contributed by atoms with Crippen LogP contribution in [0.4, 0.5) is 0 Å². The first-order chi connectivity index (χ1) is 11.8. The van der Waals surface area contributed by atoms with Gasteiger partial charge < -0.3 is 4.57 Å². The highest BCUT2D eigenvalue weighted by molar-refractivity contribution is 7.98. The van der Waals surface area contributed by atoms with E-state index in [1.165, 1.54) is 12.8 Å². The predicted octanol–water partition coefficient (Wildman–Crippen LogP) is 5.24. The van der Waals surface area contributed by atoms with Crippen LogP contribution >= 0.6 is 34.7 Å². The first kappa shape index (κ1) is 16.1. The zero-order valence-electron chi connectivity index (χ0n) is 13.3. The van der Waals surface area contributed by atoms with Crippen molar-refractivity contribution in [3.05, 3.63) is 46.2 Å². The summed E-state index contributed by atoms with van der Waals surface area (Å²) < 4.78 is 2.24. The second kappa shape index (κ2) is 6.86. The third kappa shape index (κ3) is 3.23. The molecule has 0 aliphatic heterocycles. The highest BCUT2D eigenvalue weighted by atomic mass is 35.5. The molecule has 3 aromatic rings. The van der Waals surface area contributed by atoms with Crippen molar-refractivity contribution in [2.24, 2.45) is 0 Å². The first-order valence-corrected chi connectivity index (χ1v) is 10.3. The predicted molar refractivity (Wildman–Crippen MR) is 99.8 cm³/mol. The maximum absolute atomic E-state index is 6.26. The van der Waals surface area contributed by atoms with E-state index in [0.29, 0.717) is 5.92 Å². The Morgan fingerprint density at radius 1 is 1.29 bits per heavy atom. The fourth-order valence-electron chi connectivity index (χ4n) is 2.62. The van der Waals surface area contributed by atoms with Crippen molar-refractivity contribution >= 4 is 34.7 Å². The van der Waals surface area contributed by atoms with Gasteiger partial charge in [-0.2, -0.15) is 0 Å². The minimum Gasteiger partial charge on any atom is -0.306 e. The van der Waals surface area contributed by atoms with E-state index in [1.54, 1.807) is 23.1 Å². The second-order valence-corrected chi connectivity index (χ2v) is 7.98. The van der Waals surface area contributed by atoms with Crippen molar-refractivity contribution in [1.29, 1.82) is 0 Å². The molecule has 0 atom stereocenters. The number of rotatable bonds is 6. The van der Waals surface area contributed by atoms with Crippen LogP contribution in [0, 0.1) is 0 Å². The summed E-state index contributed by atoms with van der Waals surface area (Å²) in [5.41, 5.74) is 2.05. The molecule has 0 amide bonds. The summed E-state index contributed by atoms with van der Waals surface area (Å²) in [7, 11) is 0. The zero-order chi connectivity index (χ0) is 16.5. The molecule has 1 aliphatic rings. The summed E-state index contributed by atoms with van der Waals surface area (Å²) in [5.74, 6) is 2.57. The number of thiazole rings is 1. The maximum atomic E-state index is 6.26. The van der Waals surface area contributed by atoms with Gasteiger partial charge in [-0.05, 0) is 25.8 Å². The van der Waals surface area contributed by atoms with Crippen LogP contribution < -0.4 is 0 Å². The summed E-state index contributed by atoms with van der Waals surface area (Å²) in [5, 5.41) is 13.6.